The highest BCUT2D eigenvalue weighted by Crippen LogP contribution is 2.22. The number of esters is 1. The van der Waals surface area contributed by atoms with Gasteiger partial charge < -0.3 is 19.9 Å². The van der Waals surface area contributed by atoms with Gasteiger partial charge in [-0.3, -0.25) is 9.59 Å². The van der Waals surface area contributed by atoms with Crippen LogP contribution in [0.4, 0.5) is 10.5 Å². The summed E-state index contributed by atoms with van der Waals surface area (Å²) >= 11 is 11.8. The third kappa shape index (κ3) is 6.11. The highest BCUT2D eigenvalue weighted by molar-refractivity contribution is 6.42. The normalized spacial score (nSPS) is 13.7. The third-order valence-corrected chi connectivity index (χ3v) is 5.37. The van der Waals surface area contributed by atoms with Crippen molar-refractivity contribution >= 4 is 46.8 Å². The van der Waals surface area contributed by atoms with Gasteiger partial charge in [-0.25, -0.2) is 4.79 Å². The molecule has 0 radical (unpaired) electrons. The second-order valence-corrected chi connectivity index (χ2v) is 7.56. The van der Waals surface area contributed by atoms with Gasteiger partial charge in [0.15, 0.2) is 6.61 Å². The lowest BCUT2D eigenvalue weighted by atomic mass is 10.1. The molecule has 0 aromatic heterocycles. The number of benzene rings is 2. The van der Waals surface area contributed by atoms with Crippen molar-refractivity contribution in [2.45, 2.75) is 6.42 Å². The summed E-state index contributed by atoms with van der Waals surface area (Å²) in [6.07, 6.45) is -0.00238. The van der Waals surface area contributed by atoms with E-state index in [1.54, 1.807) is 28.0 Å². The van der Waals surface area contributed by atoms with Crippen LogP contribution in [0.25, 0.3) is 0 Å². The van der Waals surface area contributed by atoms with Gasteiger partial charge >= 0.3 is 12.0 Å². The molecule has 158 valence electrons. The van der Waals surface area contributed by atoms with Gasteiger partial charge in [-0.15, -0.1) is 0 Å². The van der Waals surface area contributed by atoms with Crippen LogP contribution < -0.4 is 5.32 Å². The van der Waals surface area contributed by atoms with Crippen LogP contribution in [-0.4, -0.2) is 60.5 Å². The summed E-state index contributed by atoms with van der Waals surface area (Å²) in [6, 6.07) is 13.8. The lowest BCUT2D eigenvalue weighted by Gasteiger charge is -2.34. The van der Waals surface area contributed by atoms with E-state index in [1.807, 2.05) is 30.3 Å². The van der Waals surface area contributed by atoms with Gasteiger partial charge in [0, 0.05) is 31.9 Å². The number of amides is 3. The lowest BCUT2D eigenvalue weighted by Crippen LogP contribution is -2.52. The summed E-state index contributed by atoms with van der Waals surface area (Å²) in [5.41, 5.74) is 1.37. The number of halogens is 2. The summed E-state index contributed by atoms with van der Waals surface area (Å²) in [7, 11) is 0. The van der Waals surface area contributed by atoms with Gasteiger partial charge in [-0.2, -0.15) is 0 Å². The summed E-state index contributed by atoms with van der Waals surface area (Å²) in [5, 5.41) is 3.58. The second-order valence-electron chi connectivity index (χ2n) is 6.75. The van der Waals surface area contributed by atoms with E-state index in [0.717, 1.165) is 5.69 Å². The molecule has 0 saturated carbocycles. The molecule has 1 N–H and O–H groups in total. The van der Waals surface area contributed by atoms with E-state index in [1.165, 1.54) is 0 Å². The Labute approximate surface area is 184 Å². The first-order valence-electron chi connectivity index (χ1n) is 9.40. The Hall–Kier alpha value is -2.77. The second kappa shape index (κ2) is 10.3. The highest BCUT2D eigenvalue weighted by atomic mass is 35.5. The predicted octanol–water partition coefficient (Wildman–Crippen LogP) is 3.46. The number of hydrogen-bond acceptors (Lipinski definition) is 4. The van der Waals surface area contributed by atoms with Crippen molar-refractivity contribution in [3.63, 3.8) is 0 Å². The molecule has 0 aliphatic carbocycles. The fourth-order valence-corrected chi connectivity index (χ4v) is 3.30. The molecule has 2 aromatic carbocycles. The number of hydrogen-bond donors (Lipinski definition) is 1. The Kier molecular flexibility index (Phi) is 7.54. The van der Waals surface area contributed by atoms with E-state index in [4.69, 9.17) is 27.9 Å². The number of ether oxygens (including phenoxy) is 1. The van der Waals surface area contributed by atoms with E-state index >= 15 is 0 Å². The monoisotopic (exact) mass is 449 g/mol. The zero-order valence-electron chi connectivity index (χ0n) is 16.1. The Bertz CT molecular complexity index is 916. The summed E-state index contributed by atoms with van der Waals surface area (Å²) in [5.74, 6) is -0.816. The minimum atomic E-state index is -0.525. The molecule has 1 aliphatic rings. The van der Waals surface area contributed by atoms with Crippen LogP contribution in [0.2, 0.25) is 10.0 Å². The zero-order chi connectivity index (χ0) is 21.5. The van der Waals surface area contributed by atoms with Gasteiger partial charge in [0.1, 0.15) is 0 Å². The molecule has 7 nitrogen and oxygen atoms in total. The molecule has 0 bridgehead atoms. The number of urea groups is 1. The zero-order valence-corrected chi connectivity index (χ0v) is 17.7. The molecule has 3 amide bonds. The first-order valence-corrected chi connectivity index (χ1v) is 10.2. The van der Waals surface area contributed by atoms with E-state index in [2.05, 4.69) is 5.32 Å². The first-order chi connectivity index (χ1) is 14.4. The topological polar surface area (TPSA) is 79.0 Å². The van der Waals surface area contributed by atoms with Crippen LogP contribution in [0, 0.1) is 0 Å². The van der Waals surface area contributed by atoms with Crippen molar-refractivity contribution < 1.29 is 19.1 Å². The maximum Gasteiger partial charge on any atom is 0.321 e. The van der Waals surface area contributed by atoms with Crippen LogP contribution in [0.5, 0.6) is 0 Å². The molecular formula is C21H21Cl2N3O4. The fourth-order valence-electron chi connectivity index (χ4n) is 2.98. The van der Waals surface area contributed by atoms with Crippen molar-refractivity contribution in [1.82, 2.24) is 9.80 Å². The van der Waals surface area contributed by atoms with Crippen LogP contribution in [-0.2, 0) is 20.7 Å². The van der Waals surface area contributed by atoms with E-state index in [9.17, 15) is 14.4 Å². The number of anilines is 1. The molecule has 3 rings (SSSR count). The van der Waals surface area contributed by atoms with Gasteiger partial charge in [-0.1, -0.05) is 47.5 Å². The Balaban J connectivity index is 1.40. The first kappa shape index (κ1) is 21.9. The number of nitrogens with zero attached hydrogens (tertiary/aromatic N) is 2. The molecule has 0 unspecified atom stereocenters. The number of nitrogens with one attached hydrogen (secondary N) is 1. The van der Waals surface area contributed by atoms with Gasteiger partial charge in [0.25, 0.3) is 5.91 Å². The average Bonchev–Trinajstić information content (AvgIpc) is 2.75. The Morgan fingerprint density at radius 2 is 1.57 bits per heavy atom. The van der Waals surface area contributed by atoms with Crippen molar-refractivity contribution in [2.24, 2.45) is 0 Å². The lowest BCUT2D eigenvalue weighted by molar-refractivity contribution is -0.152. The largest absolute Gasteiger partial charge is 0.455 e. The van der Waals surface area contributed by atoms with Crippen molar-refractivity contribution in [1.29, 1.82) is 0 Å². The number of piperazine rings is 1. The third-order valence-electron chi connectivity index (χ3n) is 4.63. The maximum atomic E-state index is 12.3. The summed E-state index contributed by atoms with van der Waals surface area (Å²) in [4.78, 5) is 39.8. The SMILES string of the molecule is O=C(Cc1ccc(Cl)c(Cl)c1)OCC(=O)N1CCN(C(=O)Nc2ccccc2)CC1. The van der Waals surface area contributed by atoms with Crippen molar-refractivity contribution in [3.8, 4) is 0 Å². The molecule has 30 heavy (non-hydrogen) atoms. The molecule has 1 fully saturated rings. The number of rotatable bonds is 5. The van der Waals surface area contributed by atoms with Gasteiger partial charge in [-0.05, 0) is 29.8 Å². The van der Waals surface area contributed by atoms with E-state index in [-0.39, 0.29) is 25.0 Å². The highest BCUT2D eigenvalue weighted by Gasteiger charge is 2.24. The van der Waals surface area contributed by atoms with E-state index in [0.29, 0.717) is 41.8 Å². The standard InChI is InChI=1S/C21H21Cl2N3O4/c22-17-7-6-15(12-18(17)23)13-20(28)30-14-19(27)25-8-10-26(11-9-25)21(29)24-16-4-2-1-3-5-16/h1-7,12H,8-11,13-14H2,(H,24,29). The van der Waals surface area contributed by atoms with Crippen LogP contribution in [0.15, 0.2) is 48.5 Å². The molecule has 1 heterocycles. The van der Waals surface area contributed by atoms with Gasteiger partial charge in [0.2, 0.25) is 0 Å². The number of para-hydroxylation sites is 1. The smallest absolute Gasteiger partial charge is 0.321 e. The molecular weight excluding hydrogens is 429 g/mol. The molecule has 1 aliphatic heterocycles. The molecule has 0 spiro atoms. The Morgan fingerprint density at radius 1 is 0.900 bits per heavy atom. The summed E-state index contributed by atoms with van der Waals surface area (Å²) < 4.78 is 5.09. The van der Waals surface area contributed by atoms with Crippen molar-refractivity contribution in [3.05, 3.63) is 64.1 Å². The Morgan fingerprint density at radius 3 is 2.23 bits per heavy atom. The van der Waals surface area contributed by atoms with Crippen molar-refractivity contribution in [2.75, 3.05) is 38.1 Å². The fraction of sp³-hybridized carbons (Fsp3) is 0.286. The average molecular weight is 450 g/mol. The van der Waals surface area contributed by atoms with Gasteiger partial charge in [0.05, 0.1) is 16.5 Å². The van der Waals surface area contributed by atoms with Crippen LogP contribution >= 0.6 is 23.2 Å². The quantitative estimate of drug-likeness (QED) is 0.708. The van der Waals surface area contributed by atoms with Crippen LogP contribution in [0.1, 0.15) is 5.56 Å². The molecule has 0 atom stereocenters. The minimum absolute atomic E-state index is 0.00238. The molecule has 1 saturated heterocycles. The molecule has 2 aromatic rings. The molecule has 9 heteroatoms. The maximum absolute atomic E-state index is 12.3. The predicted molar refractivity (Wildman–Crippen MR) is 115 cm³/mol. The van der Waals surface area contributed by atoms with E-state index < -0.39 is 5.97 Å². The minimum Gasteiger partial charge on any atom is -0.455 e. The van der Waals surface area contributed by atoms with Crippen LogP contribution in [0.3, 0.4) is 0 Å². The number of carbonyl (C=O) groups excluding carboxylic acids is 3. The summed E-state index contributed by atoms with van der Waals surface area (Å²) in [6.45, 7) is 1.23. The number of carbonyl (C=O) groups is 3.